The van der Waals surface area contributed by atoms with Crippen molar-refractivity contribution in [2.24, 2.45) is 7.05 Å². The molecule has 0 saturated carbocycles. The van der Waals surface area contributed by atoms with E-state index in [4.69, 9.17) is 4.74 Å². The van der Waals surface area contributed by atoms with Gasteiger partial charge in [-0.3, -0.25) is 4.98 Å². The zero-order chi connectivity index (χ0) is 18.0. The topological polar surface area (TPSA) is 63.5 Å². The van der Waals surface area contributed by atoms with Crippen molar-refractivity contribution in [1.29, 1.82) is 0 Å². The van der Waals surface area contributed by atoms with Gasteiger partial charge in [0.2, 0.25) is 0 Å². The summed E-state index contributed by atoms with van der Waals surface area (Å²) < 4.78 is 7.96. The molecule has 0 fully saturated rings. The van der Waals surface area contributed by atoms with Gasteiger partial charge in [-0.25, -0.2) is 9.78 Å². The first kappa shape index (κ1) is 17.4. The lowest BCUT2D eigenvalue weighted by Gasteiger charge is -2.34. The van der Waals surface area contributed by atoms with E-state index in [0.29, 0.717) is 26.3 Å². The average Bonchev–Trinajstić information content (AvgIpc) is 2.95. The molecule has 2 aromatic heterocycles. The summed E-state index contributed by atoms with van der Waals surface area (Å²) in [5.41, 5.74) is 4.00. The highest BCUT2D eigenvalue weighted by Crippen LogP contribution is 2.28. The van der Waals surface area contributed by atoms with E-state index in [0.717, 1.165) is 22.8 Å². The summed E-state index contributed by atoms with van der Waals surface area (Å²) in [5.74, 6) is 0.102. The number of imidazole rings is 1. The lowest BCUT2D eigenvalue weighted by Crippen LogP contribution is -2.44. The third-order valence-electron chi connectivity index (χ3n) is 4.40. The van der Waals surface area contributed by atoms with Gasteiger partial charge in [-0.2, -0.15) is 0 Å². The van der Waals surface area contributed by atoms with Crippen LogP contribution in [-0.2, 0) is 24.9 Å². The molecule has 0 radical (unpaired) electrons. The summed E-state index contributed by atoms with van der Waals surface area (Å²) in [4.78, 5) is 24.7. The van der Waals surface area contributed by atoms with Gasteiger partial charge in [-0.15, -0.1) is 0 Å². The maximum absolute atomic E-state index is 12.4. The molecule has 1 atom stereocenters. The number of hydrogen-bond donors (Lipinski definition) is 0. The van der Waals surface area contributed by atoms with Crippen molar-refractivity contribution in [2.75, 3.05) is 27.2 Å². The minimum atomic E-state index is 0.00153. The molecular formula is C18H25N5O2. The predicted molar refractivity (Wildman–Crippen MR) is 94.1 cm³/mol. The van der Waals surface area contributed by atoms with Crippen LogP contribution in [0.5, 0.6) is 0 Å². The number of rotatable bonds is 4. The molecular weight excluding hydrogens is 318 g/mol. The van der Waals surface area contributed by atoms with E-state index in [1.165, 1.54) is 0 Å². The van der Waals surface area contributed by atoms with Crippen molar-refractivity contribution in [3.8, 4) is 0 Å². The number of fused-ring (bicyclic) bond motifs is 1. The van der Waals surface area contributed by atoms with Crippen LogP contribution in [0.2, 0.25) is 0 Å². The second-order valence-corrected chi connectivity index (χ2v) is 6.73. The van der Waals surface area contributed by atoms with Crippen LogP contribution in [0.1, 0.15) is 28.7 Å². The first-order valence-corrected chi connectivity index (χ1v) is 8.42. The number of urea groups is 1. The zero-order valence-electron chi connectivity index (χ0n) is 15.3. The molecule has 0 bridgehead atoms. The van der Waals surface area contributed by atoms with Gasteiger partial charge in [0, 0.05) is 45.0 Å². The number of ether oxygens (including phenoxy) is 1. The first-order valence-electron chi connectivity index (χ1n) is 8.42. The second-order valence-electron chi connectivity index (χ2n) is 6.73. The van der Waals surface area contributed by atoms with Crippen LogP contribution in [0.15, 0.2) is 24.5 Å². The Balaban J connectivity index is 1.70. The summed E-state index contributed by atoms with van der Waals surface area (Å²) in [6.45, 7) is 4.14. The van der Waals surface area contributed by atoms with Crippen molar-refractivity contribution < 1.29 is 9.53 Å². The molecule has 0 saturated heterocycles. The van der Waals surface area contributed by atoms with E-state index in [2.05, 4.69) is 9.97 Å². The summed E-state index contributed by atoms with van der Waals surface area (Å²) in [6.07, 6.45) is 1.81. The molecule has 3 rings (SSSR count). The van der Waals surface area contributed by atoms with Crippen LogP contribution < -0.4 is 0 Å². The van der Waals surface area contributed by atoms with E-state index in [-0.39, 0.29) is 11.9 Å². The van der Waals surface area contributed by atoms with Gasteiger partial charge in [0.1, 0.15) is 0 Å². The monoisotopic (exact) mass is 343 g/mol. The first-order chi connectivity index (χ1) is 12.0. The zero-order valence-corrected chi connectivity index (χ0v) is 15.3. The summed E-state index contributed by atoms with van der Waals surface area (Å²) in [7, 11) is 5.53. The molecule has 3 heterocycles. The Bertz CT molecular complexity index is 756. The lowest BCUT2D eigenvalue weighted by molar-refractivity contribution is 0.0844. The fourth-order valence-electron chi connectivity index (χ4n) is 3.28. The number of amides is 2. The average molecular weight is 343 g/mol. The number of aromatic nitrogens is 3. The summed E-state index contributed by atoms with van der Waals surface area (Å²) in [6, 6.07) is 5.92. The number of hydrogen-bond acceptors (Lipinski definition) is 4. The van der Waals surface area contributed by atoms with E-state index < -0.39 is 0 Å². The molecule has 0 spiro atoms. The Kier molecular flexibility index (Phi) is 5.03. The van der Waals surface area contributed by atoms with Crippen LogP contribution >= 0.6 is 0 Å². The van der Waals surface area contributed by atoms with Crippen LogP contribution in [-0.4, -0.2) is 57.6 Å². The van der Waals surface area contributed by atoms with Gasteiger partial charge in [0.15, 0.2) is 0 Å². The largest absolute Gasteiger partial charge is 0.374 e. The number of nitrogens with zero attached hydrogens (tertiary/aromatic N) is 5. The van der Waals surface area contributed by atoms with Gasteiger partial charge >= 0.3 is 6.03 Å². The third kappa shape index (κ3) is 3.82. The number of carbonyl (C=O) groups excluding carboxylic acids is 1. The number of pyridine rings is 1. The van der Waals surface area contributed by atoms with E-state index in [1.807, 2.05) is 48.0 Å². The number of carbonyl (C=O) groups is 1. The van der Waals surface area contributed by atoms with E-state index >= 15 is 0 Å². The predicted octanol–water partition coefficient (Wildman–Crippen LogP) is 1.92. The minimum absolute atomic E-state index is 0.00153. The highest BCUT2D eigenvalue weighted by Gasteiger charge is 2.32. The third-order valence-corrected chi connectivity index (χ3v) is 4.40. The van der Waals surface area contributed by atoms with Gasteiger partial charge in [0.25, 0.3) is 0 Å². The highest BCUT2D eigenvalue weighted by atomic mass is 16.5. The van der Waals surface area contributed by atoms with Gasteiger partial charge < -0.3 is 19.1 Å². The van der Waals surface area contributed by atoms with Crippen LogP contribution in [0.4, 0.5) is 4.79 Å². The summed E-state index contributed by atoms with van der Waals surface area (Å²) >= 11 is 0. The van der Waals surface area contributed by atoms with E-state index in [1.54, 1.807) is 19.0 Å². The minimum Gasteiger partial charge on any atom is -0.374 e. The molecule has 2 aromatic rings. The molecule has 1 aliphatic rings. The molecule has 0 aliphatic carbocycles. The maximum atomic E-state index is 12.4. The van der Waals surface area contributed by atoms with Crippen molar-refractivity contribution in [2.45, 2.75) is 26.0 Å². The highest BCUT2D eigenvalue weighted by molar-refractivity contribution is 5.74. The second kappa shape index (κ2) is 7.23. The molecule has 25 heavy (non-hydrogen) atoms. The fraction of sp³-hybridized carbons (Fsp3) is 0.500. The standard InChI is InChI=1S/C18H25N5O2/c1-13-6-5-7-15(20-13)11-25-10-14-8-23(18(24)21(2)3)9-16-17(14)22(4)12-19-16/h5-7,12,14H,8-11H2,1-4H3. The summed E-state index contributed by atoms with van der Waals surface area (Å²) in [5, 5.41) is 0. The molecule has 2 amide bonds. The molecule has 1 unspecified atom stereocenters. The van der Waals surface area contributed by atoms with Crippen molar-refractivity contribution >= 4 is 6.03 Å². The van der Waals surface area contributed by atoms with Gasteiger partial charge in [0.05, 0.1) is 37.5 Å². The van der Waals surface area contributed by atoms with Crippen LogP contribution in [0.25, 0.3) is 0 Å². The normalized spacial score (nSPS) is 16.6. The Morgan fingerprint density at radius 1 is 1.40 bits per heavy atom. The van der Waals surface area contributed by atoms with Gasteiger partial charge in [-0.05, 0) is 19.1 Å². The van der Waals surface area contributed by atoms with Crippen molar-refractivity contribution in [3.05, 3.63) is 47.3 Å². The number of aryl methyl sites for hydroxylation is 2. The Morgan fingerprint density at radius 3 is 2.92 bits per heavy atom. The molecule has 134 valence electrons. The van der Waals surface area contributed by atoms with E-state index in [9.17, 15) is 4.79 Å². The Labute approximate surface area is 148 Å². The van der Waals surface area contributed by atoms with Crippen molar-refractivity contribution in [3.63, 3.8) is 0 Å². The Hall–Kier alpha value is -2.41. The maximum Gasteiger partial charge on any atom is 0.319 e. The Morgan fingerprint density at radius 2 is 2.20 bits per heavy atom. The molecule has 1 aliphatic heterocycles. The molecule has 0 N–H and O–H groups in total. The van der Waals surface area contributed by atoms with Crippen LogP contribution in [0, 0.1) is 6.92 Å². The lowest BCUT2D eigenvalue weighted by atomic mass is 9.99. The smallest absolute Gasteiger partial charge is 0.319 e. The quantitative estimate of drug-likeness (QED) is 0.851. The molecule has 7 heteroatoms. The molecule has 7 nitrogen and oxygen atoms in total. The van der Waals surface area contributed by atoms with Crippen molar-refractivity contribution in [1.82, 2.24) is 24.3 Å². The fourth-order valence-corrected chi connectivity index (χ4v) is 3.28. The SMILES string of the molecule is Cc1cccc(COCC2CN(C(=O)N(C)C)Cc3ncn(C)c32)n1. The van der Waals surface area contributed by atoms with Gasteiger partial charge in [-0.1, -0.05) is 6.07 Å². The molecule has 0 aromatic carbocycles. The van der Waals surface area contributed by atoms with Crippen LogP contribution in [0.3, 0.4) is 0 Å².